The fourth-order valence-electron chi connectivity index (χ4n) is 1.26. The topological polar surface area (TPSA) is 69.6 Å². The lowest BCUT2D eigenvalue weighted by atomic mass is 10.3. The second kappa shape index (κ2) is 4.71. The second-order valence-corrected chi connectivity index (χ2v) is 4.47. The van der Waals surface area contributed by atoms with Crippen molar-refractivity contribution in [2.75, 3.05) is 0 Å². The Labute approximate surface area is 102 Å². The zero-order valence-corrected chi connectivity index (χ0v) is 10.4. The predicted molar refractivity (Wildman–Crippen MR) is 63.7 cm³/mol. The molecular weight excluding hydrogens is 270 g/mol. The summed E-state index contributed by atoms with van der Waals surface area (Å²) in [5.74, 6) is 0.650. The molecule has 1 atom stereocenters. The van der Waals surface area contributed by atoms with E-state index in [0.717, 1.165) is 10.2 Å². The summed E-state index contributed by atoms with van der Waals surface area (Å²) >= 11 is 3.34. The minimum atomic E-state index is -0.140. The van der Waals surface area contributed by atoms with E-state index in [1.165, 1.54) is 0 Å². The second-order valence-electron chi connectivity index (χ2n) is 3.56. The normalized spacial score (nSPS) is 12.7. The fourth-order valence-corrected chi connectivity index (χ4v) is 1.49. The van der Waals surface area contributed by atoms with Gasteiger partial charge in [-0.25, -0.2) is 9.67 Å². The summed E-state index contributed by atoms with van der Waals surface area (Å²) < 4.78 is 2.70. The molecule has 84 valence electrons. The molecule has 1 unspecified atom stereocenters. The van der Waals surface area contributed by atoms with E-state index < -0.39 is 0 Å². The van der Waals surface area contributed by atoms with Crippen molar-refractivity contribution in [3.05, 3.63) is 40.6 Å². The third-order valence-electron chi connectivity index (χ3n) is 2.07. The molecule has 2 rings (SSSR count). The van der Waals surface area contributed by atoms with Crippen LogP contribution in [0.3, 0.4) is 0 Å². The van der Waals surface area contributed by atoms with Gasteiger partial charge in [0, 0.05) is 10.7 Å². The van der Waals surface area contributed by atoms with E-state index in [0.29, 0.717) is 12.4 Å². The van der Waals surface area contributed by atoms with Gasteiger partial charge >= 0.3 is 0 Å². The average Bonchev–Trinajstić information content (AvgIpc) is 2.70. The van der Waals surface area contributed by atoms with Crippen LogP contribution in [0.4, 0.5) is 0 Å². The highest BCUT2D eigenvalue weighted by atomic mass is 79.9. The Hall–Kier alpha value is -1.27. The van der Waals surface area contributed by atoms with Crippen molar-refractivity contribution in [1.29, 1.82) is 0 Å². The molecule has 0 saturated carbocycles. The van der Waals surface area contributed by atoms with Crippen molar-refractivity contribution in [1.82, 2.24) is 19.7 Å². The van der Waals surface area contributed by atoms with Crippen LogP contribution in [0.15, 0.2) is 29.1 Å². The number of pyridine rings is 1. The Balaban J connectivity index is 2.11. The standard InChI is InChI=1S/C10H12BrN5/c1-7(12)10-14-6-16(15-10)5-9-3-2-8(11)4-13-9/h2-4,6-7H,5,12H2,1H3. The third kappa shape index (κ3) is 2.65. The maximum atomic E-state index is 5.68. The smallest absolute Gasteiger partial charge is 0.166 e. The summed E-state index contributed by atoms with van der Waals surface area (Å²) in [5.41, 5.74) is 6.61. The van der Waals surface area contributed by atoms with Crippen LogP contribution in [0.25, 0.3) is 0 Å². The van der Waals surface area contributed by atoms with E-state index in [-0.39, 0.29) is 6.04 Å². The number of halogens is 1. The molecule has 2 aromatic rings. The molecule has 0 fully saturated rings. The molecule has 0 aliphatic heterocycles. The summed E-state index contributed by atoms with van der Waals surface area (Å²) in [6, 6.07) is 3.75. The third-order valence-corrected chi connectivity index (χ3v) is 2.54. The lowest BCUT2D eigenvalue weighted by Gasteiger charge is -2.00. The van der Waals surface area contributed by atoms with Crippen molar-refractivity contribution in [2.45, 2.75) is 19.5 Å². The lowest BCUT2D eigenvalue weighted by Crippen LogP contribution is -2.09. The summed E-state index contributed by atoms with van der Waals surface area (Å²) in [6.45, 7) is 2.46. The van der Waals surface area contributed by atoms with Crippen LogP contribution in [0, 0.1) is 0 Å². The van der Waals surface area contributed by atoms with Crippen molar-refractivity contribution in [3.63, 3.8) is 0 Å². The van der Waals surface area contributed by atoms with Crippen molar-refractivity contribution < 1.29 is 0 Å². The quantitative estimate of drug-likeness (QED) is 0.926. The van der Waals surface area contributed by atoms with Gasteiger partial charge in [0.25, 0.3) is 0 Å². The molecule has 0 radical (unpaired) electrons. The van der Waals surface area contributed by atoms with Crippen LogP contribution in [0.5, 0.6) is 0 Å². The van der Waals surface area contributed by atoms with Gasteiger partial charge in [0.15, 0.2) is 5.82 Å². The predicted octanol–water partition coefficient (Wildman–Crippen LogP) is 1.50. The van der Waals surface area contributed by atoms with E-state index >= 15 is 0 Å². The lowest BCUT2D eigenvalue weighted by molar-refractivity contribution is 0.640. The van der Waals surface area contributed by atoms with Gasteiger partial charge in [0.1, 0.15) is 6.33 Å². The molecule has 5 nitrogen and oxygen atoms in total. The van der Waals surface area contributed by atoms with Crippen molar-refractivity contribution in [2.24, 2.45) is 5.73 Å². The minimum Gasteiger partial charge on any atom is -0.321 e. The fraction of sp³-hybridized carbons (Fsp3) is 0.300. The molecule has 6 heteroatoms. The van der Waals surface area contributed by atoms with Crippen LogP contribution < -0.4 is 5.73 Å². The first-order valence-corrected chi connectivity index (χ1v) is 5.70. The molecule has 2 aromatic heterocycles. The monoisotopic (exact) mass is 281 g/mol. The first-order chi connectivity index (χ1) is 7.65. The molecule has 0 bridgehead atoms. The van der Waals surface area contributed by atoms with Crippen LogP contribution in [0.2, 0.25) is 0 Å². The molecule has 2 N–H and O–H groups in total. The summed E-state index contributed by atoms with van der Waals surface area (Å²) in [7, 11) is 0. The summed E-state index contributed by atoms with van der Waals surface area (Å²) in [4.78, 5) is 8.38. The highest BCUT2D eigenvalue weighted by Gasteiger charge is 2.05. The number of nitrogens with two attached hydrogens (primary N) is 1. The highest BCUT2D eigenvalue weighted by molar-refractivity contribution is 9.10. The van der Waals surface area contributed by atoms with Gasteiger partial charge < -0.3 is 5.73 Å². The number of rotatable bonds is 3. The Morgan fingerprint density at radius 3 is 2.81 bits per heavy atom. The maximum Gasteiger partial charge on any atom is 0.166 e. The van der Waals surface area contributed by atoms with Crippen LogP contribution in [0.1, 0.15) is 24.5 Å². The Bertz CT molecular complexity index is 462. The number of hydrogen-bond acceptors (Lipinski definition) is 4. The Morgan fingerprint density at radius 1 is 1.44 bits per heavy atom. The Morgan fingerprint density at radius 2 is 2.25 bits per heavy atom. The molecule has 0 aliphatic rings. The zero-order chi connectivity index (χ0) is 11.5. The van der Waals surface area contributed by atoms with E-state index in [4.69, 9.17) is 5.73 Å². The van der Waals surface area contributed by atoms with Gasteiger partial charge in [0.2, 0.25) is 0 Å². The van der Waals surface area contributed by atoms with E-state index in [9.17, 15) is 0 Å². The molecule has 0 aliphatic carbocycles. The summed E-state index contributed by atoms with van der Waals surface area (Å²) in [5, 5.41) is 4.26. The highest BCUT2D eigenvalue weighted by Crippen LogP contribution is 2.08. The average molecular weight is 282 g/mol. The molecule has 0 saturated heterocycles. The minimum absolute atomic E-state index is 0.140. The molecule has 0 amide bonds. The van der Waals surface area contributed by atoms with Gasteiger partial charge in [-0.3, -0.25) is 4.98 Å². The molecular formula is C10H12BrN5. The molecule has 16 heavy (non-hydrogen) atoms. The van der Waals surface area contributed by atoms with Crippen molar-refractivity contribution >= 4 is 15.9 Å². The number of aromatic nitrogens is 4. The largest absolute Gasteiger partial charge is 0.321 e. The first-order valence-electron chi connectivity index (χ1n) is 4.90. The van der Waals surface area contributed by atoms with E-state index in [1.807, 2.05) is 19.1 Å². The van der Waals surface area contributed by atoms with Gasteiger partial charge in [0.05, 0.1) is 18.3 Å². The van der Waals surface area contributed by atoms with Gasteiger partial charge in [-0.15, -0.1) is 0 Å². The van der Waals surface area contributed by atoms with Gasteiger partial charge in [-0.2, -0.15) is 5.10 Å². The maximum absolute atomic E-state index is 5.68. The van der Waals surface area contributed by atoms with Gasteiger partial charge in [-0.1, -0.05) is 0 Å². The molecule has 0 aromatic carbocycles. The van der Waals surface area contributed by atoms with Gasteiger partial charge in [-0.05, 0) is 35.0 Å². The van der Waals surface area contributed by atoms with Crippen LogP contribution in [-0.4, -0.2) is 19.7 Å². The number of hydrogen-bond donors (Lipinski definition) is 1. The Kier molecular flexibility index (Phi) is 3.31. The van der Waals surface area contributed by atoms with E-state index in [1.54, 1.807) is 17.2 Å². The molecule has 0 spiro atoms. The van der Waals surface area contributed by atoms with Crippen LogP contribution >= 0.6 is 15.9 Å². The zero-order valence-electron chi connectivity index (χ0n) is 8.84. The molecule has 2 heterocycles. The summed E-state index contributed by atoms with van der Waals surface area (Å²) in [6.07, 6.45) is 3.43. The SMILES string of the molecule is CC(N)c1ncn(Cc2ccc(Br)cn2)n1. The van der Waals surface area contributed by atoms with Crippen LogP contribution in [-0.2, 0) is 6.54 Å². The first kappa shape index (κ1) is 11.2. The van der Waals surface area contributed by atoms with Crippen molar-refractivity contribution in [3.8, 4) is 0 Å². The number of nitrogens with zero attached hydrogens (tertiary/aromatic N) is 4. The van der Waals surface area contributed by atoms with E-state index in [2.05, 4.69) is 31.0 Å².